The number of anilines is 6. The fraction of sp³-hybridized carbons (Fsp3) is 0.211. The molecule has 1 aliphatic heterocycles. The van der Waals surface area contributed by atoms with E-state index in [0.717, 1.165) is 50.4 Å². The second kappa shape index (κ2) is 19.1. The molecule has 0 unspecified atom stereocenters. The highest BCUT2D eigenvalue weighted by Crippen LogP contribution is 2.54. The van der Waals surface area contributed by atoms with Crippen LogP contribution in [0.4, 0.5) is 34.1 Å². The number of hydrogen-bond acceptors (Lipinski definition) is 4. The zero-order chi connectivity index (χ0) is 56.4. The van der Waals surface area contributed by atoms with E-state index in [1.54, 1.807) is 0 Å². The summed E-state index contributed by atoms with van der Waals surface area (Å²) in [5, 5.41) is 10.2. The molecule has 0 spiro atoms. The van der Waals surface area contributed by atoms with Gasteiger partial charge in [0.25, 0.3) is 0 Å². The summed E-state index contributed by atoms with van der Waals surface area (Å²) in [6, 6.07) is 83.5. The number of fused-ring (bicyclic) bond motifs is 11. The molecule has 3 heterocycles. The van der Waals surface area contributed by atoms with Crippen molar-refractivity contribution in [2.75, 3.05) is 9.80 Å². The molecule has 1 aliphatic rings. The molecule has 81 heavy (non-hydrogen) atoms. The van der Waals surface area contributed by atoms with Crippen molar-refractivity contribution in [3.05, 3.63) is 241 Å². The molecule has 5 heteroatoms. The first-order valence-electron chi connectivity index (χ1n) is 28.8. The highest BCUT2D eigenvalue weighted by atomic mass is 32.1. The standard InChI is InChI=1S/C76H72N2OSSi/c1-73(2,3)49-31-39-53(40-32-49)77(54-41-33-50(34-42-54)74(4,5)6)61-47-66-70(72-67(61)60-28-20-22-30-64(60)80-72)69-65(81(66,57-23-15-13-16-24-57)58-25-17-14-18-26-58)48-62(71-68(69)59-27-19-21-29-63(59)79-71)78(55-43-35-51(36-44-55)75(7,8)9)56-45-37-52(38-46-56)76(10,11)12/h13-48H,1-12H3. The Balaban J connectivity index is 1.22. The molecule has 0 radical (unpaired) electrons. The summed E-state index contributed by atoms with van der Waals surface area (Å²) in [6.45, 7) is 27.6. The van der Waals surface area contributed by atoms with Crippen molar-refractivity contribution in [3.63, 3.8) is 0 Å². The van der Waals surface area contributed by atoms with Gasteiger partial charge >= 0.3 is 0 Å². The lowest BCUT2D eigenvalue weighted by atomic mass is 9.86. The third kappa shape index (κ3) is 8.66. The molecule has 0 fully saturated rings. The summed E-state index contributed by atoms with van der Waals surface area (Å²) in [5.74, 6) is 0. The van der Waals surface area contributed by atoms with Crippen LogP contribution in [0.3, 0.4) is 0 Å². The van der Waals surface area contributed by atoms with Gasteiger partial charge in [0, 0.05) is 59.3 Å². The van der Waals surface area contributed by atoms with Crippen LogP contribution in [-0.4, -0.2) is 8.07 Å². The smallest absolute Gasteiger partial charge is 0.181 e. The van der Waals surface area contributed by atoms with E-state index < -0.39 is 8.07 Å². The van der Waals surface area contributed by atoms with Gasteiger partial charge in [-0.3, -0.25) is 0 Å². The van der Waals surface area contributed by atoms with E-state index >= 15 is 0 Å². The lowest BCUT2D eigenvalue weighted by molar-refractivity contribution is 0.590. The van der Waals surface area contributed by atoms with Crippen molar-refractivity contribution in [1.82, 2.24) is 0 Å². The lowest BCUT2D eigenvalue weighted by Gasteiger charge is -2.34. The quantitative estimate of drug-likeness (QED) is 0.141. The number of furan rings is 1. The Morgan fingerprint density at radius 1 is 0.358 bits per heavy atom. The summed E-state index contributed by atoms with van der Waals surface area (Å²) in [7, 11) is -3.35. The molecule has 0 amide bonds. The Hall–Kier alpha value is -7.96. The Bertz CT molecular complexity index is 4180. The highest BCUT2D eigenvalue weighted by molar-refractivity contribution is 7.28. The van der Waals surface area contributed by atoms with Crippen LogP contribution in [0.15, 0.2) is 223 Å². The summed E-state index contributed by atoms with van der Waals surface area (Å²) in [5.41, 5.74) is 16.1. The number of rotatable bonds is 8. The molecule has 0 saturated heterocycles. The van der Waals surface area contributed by atoms with E-state index in [0.29, 0.717) is 0 Å². The van der Waals surface area contributed by atoms with Gasteiger partial charge in [-0.15, -0.1) is 11.3 Å². The van der Waals surface area contributed by atoms with Crippen LogP contribution < -0.4 is 30.5 Å². The van der Waals surface area contributed by atoms with Crippen molar-refractivity contribution >= 4 is 116 Å². The second-order valence-electron chi connectivity index (χ2n) is 26.6. The topological polar surface area (TPSA) is 19.6 Å². The molecular formula is C76H72N2OSSi. The molecule has 3 nitrogen and oxygen atoms in total. The van der Waals surface area contributed by atoms with Gasteiger partial charge in [0.15, 0.2) is 13.7 Å². The number of hydrogen-bond donors (Lipinski definition) is 0. The molecule has 0 bridgehead atoms. The molecule has 0 atom stereocenters. The predicted octanol–water partition coefficient (Wildman–Crippen LogP) is 19.4. The van der Waals surface area contributed by atoms with Crippen LogP contribution >= 0.6 is 11.3 Å². The Morgan fingerprint density at radius 3 is 1.17 bits per heavy atom. The van der Waals surface area contributed by atoms with E-state index in [2.05, 4.69) is 311 Å². The van der Waals surface area contributed by atoms with Crippen molar-refractivity contribution in [1.29, 1.82) is 0 Å². The lowest BCUT2D eigenvalue weighted by Crippen LogP contribution is -2.72. The molecule has 402 valence electrons. The van der Waals surface area contributed by atoms with Crippen molar-refractivity contribution < 1.29 is 4.42 Å². The second-order valence-corrected chi connectivity index (χ2v) is 31.4. The van der Waals surface area contributed by atoms with Gasteiger partial charge < -0.3 is 14.2 Å². The normalized spacial score (nSPS) is 13.5. The highest BCUT2D eigenvalue weighted by Gasteiger charge is 2.52. The van der Waals surface area contributed by atoms with E-state index in [1.807, 2.05) is 11.3 Å². The molecular weight excluding hydrogens is 1020 g/mol. The maximum Gasteiger partial charge on any atom is 0.181 e. The van der Waals surface area contributed by atoms with Crippen LogP contribution in [0.5, 0.6) is 0 Å². The van der Waals surface area contributed by atoms with Crippen LogP contribution in [0.1, 0.15) is 105 Å². The first kappa shape index (κ1) is 52.4. The minimum absolute atomic E-state index is 0.00671. The Kier molecular flexibility index (Phi) is 12.3. The summed E-state index contributed by atoms with van der Waals surface area (Å²) in [6.07, 6.45) is 0. The van der Waals surface area contributed by atoms with E-state index in [-0.39, 0.29) is 21.7 Å². The molecule has 12 aromatic rings. The molecule has 0 saturated carbocycles. The zero-order valence-electron chi connectivity index (χ0n) is 49.0. The van der Waals surface area contributed by atoms with Crippen molar-refractivity contribution in [3.8, 4) is 11.1 Å². The first-order chi connectivity index (χ1) is 38.7. The summed E-state index contributed by atoms with van der Waals surface area (Å²) < 4.78 is 10.0. The largest absolute Gasteiger partial charge is 0.454 e. The van der Waals surface area contributed by atoms with Gasteiger partial charge in [-0.1, -0.05) is 229 Å². The maximum absolute atomic E-state index is 7.47. The summed E-state index contributed by atoms with van der Waals surface area (Å²) in [4.78, 5) is 5.05. The molecule has 0 aliphatic carbocycles. The number of para-hydroxylation sites is 1. The number of thiophene rings is 1. The SMILES string of the molecule is CC(C)(C)c1ccc(N(c2ccc(C(C)(C)C)cc2)c2cc3c(c4c2oc2ccccc24)-c2c(cc(N(c4ccc(C(C)(C)C)cc4)c4ccc(C(C)(C)C)cc4)c4c2sc2ccccc24)[Si]3(c2ccccc2)c2ccccc2)cc1. The van der Waals surface area contributed by atoms with Crippen LogP contribution in [0, 0.1) is 0 Å². The van der Waals surface area contributed by atoms with Gasteiger partial charge in [-0.25, -0.2) is 0 Å². The van der Waals surface area contributed by atoms with Gasteiger partial charge in [0.05, 0.1) is 11.4 Å². The van der Waals surface area contributed by atoms with E-state index in [9.17, 15) is 0 Å². The van der Waals surface area contributed by atoms with Crippen LogP contribution in [-0.2, 0) is 21.7 Å². The molecule has 0 N–H and O–H groups in total. The summed E-state index contributed by atoms with van der Waals surface area (Å²) >= 11 is 1.94. The minimum Gasteiger partial charge on any atom is -0.454 e. The Morgan fingerprint density at radius 2 is 0.728 bits per heavy atom. The van der Waals surface area contributed by atoms with E-state index in [1.165, 1.54) is 80.0 Å². The molecule has 10 aromatic carbocycles. The predicted molar refractivity (Wildman–Crippen MR) is 353 cm³/mol. The van der Waals surface area contributed by atoms with Crippen molar-refractivity contribution in [2.24, 2.45) is 0 Å². The molecule has 13 rings (SSSR count). The zero-order valence-corrected chi connectivity index (χ0v) is 50.8. The number of benzene rings is 10. The fourth-order valence-corrected chi connectivity index (χ4v) is 19.4. The van der Waals surface area contributed by atoms with Gasteiger partial charge in [-0.2, -0.15) is 0 Å². The monoisotopic (exact) mass is 1090 g/mol. The average Bonchev–Trinajstić information content (AvgIpc) is 2.21. The van der Waals surface area contributed by atoms with Crippen LogP contribution in [0.25, 0.3) is 53.2 Å². The fourth-order valence-electron chi connectivity index (χ4n) is 12.8. The van der Waals surface area contributed by atoms with Crippen LogP contribution in [0.2, 0.25) is 0 Å². The third-order valence-electron chi connectivity index (χ3n) is 17.2. The van der Waals surface area contributed by atoms with Gasteiger partial charge in [0.2, 0.25) is 0 Å². The third-order valence-corrected chi connectivity index (χ3v) is 23.2. The average molecular weight is 1090 g/mol. The number of nitrogens with zero attached hydrogens (tertiary/aromatic N) is 2. The van der Waals surface area contributed by atoms with E-state index in [4.69, 9.17) is 4.42 Å². The van der Waals surface area contributed by atoms with Crippen molar-refractivity contribution in [2.45, 2.75) is 105 Å². The molecule has 2 aromatic heterocycles. The minimum atomic E-state index is -3.35. The maximum atomic E-state index is 7.47. The van der Waals surface area contributed by atoms with Gasteiger partial charge in [0.1, 0.15) is 5.58 Å². The van der Waals surface area contributed by atoms with Gasteiger partial charge in [-0.05, 0) is 143 Å². The first-order valence-corrected chi connectivity index (χ1v) is 31.6. The Labute approximate surface area is 484 Å².